The number of rotatable bonds is 6. The van der Waals surface area contributed by atoms with Crippen molar-refractivity contribution in [3.05, 3.63) is 24.3 Å². The highest BCUT2D eigenvalue weighted by Gasteiger charge is 2.15. The first-order valence-electron chi connectivity index (χ1n) is 6.49. The Morgan fingerprint density at radius 2 is 2.06 bits per heavy atom. The molecule has 0 aromatic heterocycles. The Labute approximate surface area is 104 Å². The lowest BCUT2D eigenvalue weighted by Crippen LogP contribution is -2.28. The number of carbonyl (C=O) groups excluding carboxylic acids is 1. The third-order valence-electron chi connectivity index (χ3n) is 3.02. The molecule has 2 atom stereocenters. The lowest BCUT2D eigenvalue weighted by Gasteiger charge is -2.20. The number of unbranched alkanes of at least 4 members (excludes halogenated alkanes) is 2. The van der Waals surface area contributed by atoms with Crippen LogP contribution in [-0.4, -0.2) is 19.2 Å². The topological polar surface area (TPSA) is 38.3 Å². The molecule has 1 amide bonds. The molecule has 0 fully saturated rings. The number of carbonyl (C=O) groups is 1. The van der Waals surface area contributed by atoms with Crippen LogP contribution in [0.25, 0.3) is 0 Å². The maximum Gasteiger partial charge on any atom is 0.407 e. The Morgan fingerprint density at radius 1 is 1.29 bits per heavy atom. The van der Waals surface area contributed by atoms with E-state index < -0.39 is 0 Å². The fourth-order valence-corrected chi connectivity index (χ4v) is 1.76. The van der Waals surface area contributed by atoms with Gasteiger partial charge in [0.2, 0.25) is 0 Å². The molecular formula is C14H23NO2. The van der Waals surface area contributed by atoms with E-state index in [1.54, 1.807) is 0 Å². The van der Waals surface area contributed by atoms with E-state index in [-0.39, 0.29) is 6.09 Å². The third kappa shape index (κ3) is 5.57. The summed E-state index contributed by atoms with van der Waals surface area (Å²) >= 11 is 0. The monoisotopic (exact) mass is 237 g/mol. The normalized spacial score (nSPS) is 22.5. The minimum absolute atomic E-state index is 0.295. The van der Waals surface area contributed by atoms with E-state index >= 15 is 0 Å². The van der Waals surface area contributed by atoms with Crippen LogP contribution < -0.4 is 5.32 Å². The molecular weight excluding hydrogens is 214 g/mol. The zero-order chi connectivity index (χ0) is 12.5. The predicted octanol–water partition coefficient (Wildman–Crippen LogP) is 3.28. The van der Waals surface area contributed by atoms with Gasteiger partial charge in [-0.2, -0.15) is 0 Å². The van der Waals surface area contributed by atoms with E-state index in [0.717, 1.165) is 19.3 Å². The summed E-state index contributed by atoms with van der Waals surface area (Å²) in [6.07, 6.45) is 11.3. The average molecular weight is 237 g/mol. The molecule has 1 rings (SSSR count). The maximum absolute atomic E-state index is 11.4. The van der Waals surface area contributed by atoms with Crippen LogP contribution in [0, 0.1) is 11.8 Å². The second kappa shape index (κ2) is 7.93. The number of hydrogen-bond acceptors (Lipinski definition) is 2. The number of hydrogen-bond donors (Lipinski definition) is 1. The number of amides is 1. The van der Waals surface area contributed by atoms with Gasteiger partial charge in [-0.3, -0.25) is 0 Å². The second-order valence-corrected chi connectivity index (χ2v) is 4.53. The van der Waals surface area contributed by atoms with Gasteiger partial charge in [-0.05, 0) is 12.3 Å². The van der Waals surface area contributed by atoms with Crippen LogP contribution in [0.15, 0.2) is 24.3 Å². The fraction of sp³-hybridized carbons (Fsp3) is 0.643. The Hall–Kier alpha value is -1.25. The van der Waals surface area contributed by atoms with E-state index in [2.05, 4.69) is 31.3 Å². The lowest BCUT2D eigenvalue weighted by molar-refractivity contribution is 0.128. The maximum atomic E-state index is 11.4. The summed E-state index contributed by atoms with van der Waals surface area (Å²) in [5.41, 5.74) is 0. The smallest absolute Gasteiger partial charge is 0.407 e. The Kier molecular flexibility index (Phi) is 6.45. The molecule has 0 aromatic rings. The minimum Gasteiger partial charge on any atom is -0.449 e. The summed E-state index contributed by atoms with van der Waals surface area (Å²) in [6, 6.07) is 0. The van der Waals surface area contributed by atoms with E-state index in [0.29, 0.717) is 25.0 Å². The van der Waals surface area contributed by atoms with Crippen LogP contribution >= 0.6 is 0 Å². The number of nitrogens with one attached hydrogen (secondary N) is 1. The summed E-state index contributed by atoms with van der Waals surface area (Å²) in [7, 11) is 0. The van der Waals surface area contributed by atoms with E-state index in [4.69, 9.17) is 4.74 Å². The van der Waals surface area contributed by atoms with Crippen molar-refractivity contribution in [2.75, 3.05) is 13.2 Å². The quantitative estimate of drug-likeness (QED) is 0.720. The van der Waals surface area contributed by atoms with Crippen molar-refractivity contribution in [2.24, 2.45) is 11.8 Å². The van der Waals surface area contributed by atoms with Crippen molar-refractivity contribution in [1.29, 1.82) is 0 Å². The van der Waals surface area contributed by atoms with Gasteiger partial charge in [0.1, 0.15) is 0 Å². The summed E-state index contributed by atoms with van der Waals surface area (Å²) in [4.78, 5) is 11.4. The van der Waals surface area contributed by atoms with Crippen molar-refractivity contribution in [3.63, 3.8) is 0 Å². The van der Waals surface area contributed by atoms with Crippen molar-refractivity contribution in [3.8, 4) is 0 Å². The number of ether oxygens (including phenoxy) is 1. The van der Waals surface area contributed by atoms with Crippen LogP contribution in [-0.2, 0) is 4.74 Å². The van der Waals surface area contributed by atoms with Crippen molar-refractivity contribution in [1.82, 2.24) is 5.32 Å². The molecule has 0 radical (unpaired) electrons. The fourth-order valence-electron chi connectivity index (χ4n) is 1.76. The van der Waals surface area contributed by atoms with Gasteiger partial charge in [0, 0.05) is 12.5 Å². The van der Waals surface area contributed by atoms with Gasteiger partial charge >= 0.3 is 6.09 Å². The van der Waals surface area contributed by atoms with Gasteiger partial charge in [-0.15, -0.1) is 0 Å². The van der Waals surface area contributed by atoms with Gasteiger partial charge in [0.25, 0.3) is 0 Å². The van der Waals surface area contributed by atoms with Crippen LogP contribution in [0.4, 0.5) is 4.79 Å². The molecule has 1 aliphatic carbocycles. The van der Waals surface area contributed by atoms with Crippen LogP contribution in [0.3, 0.4) is 0 Å². The third-order valence-corrected chi connectivity index (χ3v) is 3.02. The first kappa shape index (κ1) is 13.8. The molecule has 17 heavy (non-hydrogen) atoms. The minimum atomic E-state index is -0.295. The highest BCUT2D eigenvalue weighted by molar-refractivity contribution is 5.67. The highest BCUT2D eigenvalue weighted by Crippen LogP contribution is 2.18. The molecule has 3 nitrogen and oxygen atoms in total. The Bertz CT molecular complexity index is 284. The number of allylic oxidation sites excluding steroid dienone is 3. The zero-order valence-corrected chi connectivity index (χ0v) is 10.8. The van der Waals surface area contributed by atoms with Crippen LogP contribution in [0.5, 0.6) is 0 Å². The molecule has 0 aromatic carbocycles. The van der Waals surface area contributed by atoms with E-state index in [1.165, 1.54) is 0 Å². The summed E-state index contributed by atoms with van der Waals surface area (Å²) in [5.74, 6) is 0.745. The van der Waals surface area contributed by atoms with Crippen LogP contribution in [0.1, 0.15) is 33.1 Å². The van der Waals surface area contributed by atoms with Gasteiger partial charge in [0.05, 0.1) is 6.61 Å². The molecule has 0 spiro atoms. The average Bonchev–Trinajstić information content (AvgIpc) is 2.34. The summed E-state index contributed by atoms with van der Waals surface area (Å²) in [5, 5.41) is 2.77. The van der Waals surface area contributed by atoms with Gasteiger partial charge in [-0.25, -0.2) is 4.79 Å². The first-order valence-corrected chi connectivity index (χ1v) is 6.49. The first-order chi connectivity index (χ1) is 8.24. The largest absolute Gasteiger partial charge is 0.449 e. The SMILES string of the molecule is CCCCCNC(=O)OCC1C=CC=CC1C. The summed E-state index contributed by atoms with van der Waals surface area (Å²) < 4.78 is 5.20. The number of alkyl carbamates (subject to hydrolysis) is 1. The molecule has 0 heterocycles. The standard InChI is InChI=1S/C14H23NO2/c1-3-4-7-10-15-14(16)17-11-13-9-6-5-8-12(13)2/h5-6,8-9,12-13H,3-4,7,10-11H2,1-2H3,(H,15,16). The highest BCUT2D eigenvalue weighted by atomic mass is 16.5. The molecule has 1 N–H and O–H groups in total. The molecule has 0 bridgehead atoms. The molecule has 3 heteroatoms. The van der Waals surface area contributed by atoms with Crippen LogP contribution in [0.2, 0.25) is 0 Å². The van der Waals surface area contributed by atoms with Crippen molar-refractivity contribution in [2.45, 2.75) is 33.1 Å². The van der Waals surface area contributed by atoms with Crippen molar-refractivity contribution >= 4 is 6.09 Å². The van der Waals surface area contributed by atoms with Gasteiger partial charge in [0.15, 0.2) is 0 Å². The molecule has 2 unspecified atom stereocenters. The molecule has 1 aliphatic rings. The Morgan fingerprint density at radius 3 is 2.76 bits per heavy atom. The van der Waals surface area contributed by atoms with Gasteiger partial charge < -0.3 is 10.1 Å². The summed E-state index contributed by atoms with van der Waals surface area (Å²) in [6.45, 7) is 5.44. The molecule has 0 saturated heterocycles. The molecule has 0 saturated carbocycles. The second-order valence-electron chi connectivity index (χ2n) is 4.53. The Balaban J connectivity index is 2.11. The van der Waals surface area contributed by atoms with E-state index in [9.17, 15) is 4.79 Å². The molecule has 96 valence electrons. The zero-order valence-electron chi connectivity index (χ0n) is 10.8. The van der Waals surface area contributed by atoms with E-state index in [1.807, 2.05) is 12.2 Å². The molecule has 0 aliphatic heterocycles. The van der Waals surface area contributed by atoms with Gasteiger partial charge in [-0.1, -0.05) is 51.0 Å². The van der Waals surface area contributed by atoms with Crippen molar-refractivity contribution < 1.29 is 9.53 Å². The lowest BCUT2D eigenvalue weighted by atomic mass is 9.91. The predicted molar refractivity (Wildman–Crippen MR) is 69.8 cm³/mol.